The first-order chi connectivity index (χ1) is 10.9. The van der Waals surface area contributed by atoms with Crippen molar-refractivity contribution in [3.8, 4) is 0 Å². The lowest BCUT2D eigenvalue weighted by atomic mass is 10.3. The molecule has 1 aliphatic rings. The third-order valence-electron chi connectivity index (χ3n) is 3.29. The van der Waals surface area contributed by atoms with E-state index in [9.17, 15) is 14.4 Å². The summed E-state index contributed by atoms with van der Waals surface area (Å²) in [6.07, 6.45) is 0.103. The first kappa shape index (κ1) is 17.8. The Bertz CT molecular complexity index is 625. The maximum Gasteiger partial charge on any atom is 0.365 e. The summed E-state index contributed by atoms with van der Waals surface area (Å²) in [5.41, 5.74) is 4.19. The number of hydrogen-bond acceptors (Lipinski definition) is 5. The number of amides is 2. The molecule has 0 radical (unpaired) electrons. The van der Waals surface area contributed by atoms with Crippen LogP contribution in [0.1, 0.15) is 13.3 Å². The number of quaternary nitrogens is 1. The summed E-state index contributed by atoms with van der Waals surface area (Å²) in [4.78, 5) is 37.3. The van der Waals surface area contributed by atoms with Crippen LogP contribution >= 0.6 is 23.4 Å². The molecular weight excluding hydrogens is 340 g/mol. The van der Waals surface area contributed by atoms with E-state index in [1.54, 1.807) is 31.2 Å². The van der Waals surface area contributed by atoms with Gasteiger partial charge in [-0.1, -0.05) is 17.7 Å². The van der Waals surface area contributed by atoms with Crippen molar-refractivity contribution in [2.45, 2.75) is 24.6 Å². The van der Waals surface area contributed by atoms with E-state index in [2.05, 4.69) is 5.73 Å². The molecule has 1 saturated heterocycles. The molecule has 6 nitrogen and oxygen atoms in total. The van der Waals surface area contributed by atoms with E-state index < -0.39 is 17.3 Å². The number of esters is 1. The van der Waals surface area contributed by atoms with Crippen LogP contribution < -0.4 is 10.6 Å². The molecule has 2 atom stereocenters. The predicted molar refractivity (Wildman–Crippen MR) is 88.1 cm³/mol. The van der Waals surface area contributed by atoms with Crippen LogP contribution in [0.4, 0.5) is 5.69 Å². The second-order valence-electron chi connectivity index (χ2n) is 5.02. The Hall–Kier alpha value is -1.57. The molecule has 1 aromatic rings. The molecule has 0 spiro atoms. The summed E-state index contributed by atoms with van der Waals surface area (Å²) < 4.78 is 4.88. The predicted octanol–water partition coefficient (Wildman–Crippen LogP) is 0.879. The molecule has 1 aromatic carbocycles. The van der Waals surface area contributed by atoms with Crippen molar-refractivity contribution >= 4 is 46.8 Å². The minimum absolute atomic E-state index is 0.103. The fourth-order valence-electron chi connectivity index (χ4n) is 2.18. The number of carbonyl (C=O) groups excluding carboxylic acids is 3. The highest BCUT2D eigenvalue weighted by Crippen LogP contribution is 2.30. The van der Waals surface area contributed by atoms with Gasteiger partial charge in [0.05, 0.1) is 23.3 Å². The number of halogens is 1. The van der Waals surface area contributed by atoms with Crippen molar-refractivity contribution in [1.82, 2.24) is 0 Å². The summed E-state index contributed by atoms with van der Waals surface area (Å²) in [6.45, 7) is 2.01. The van der Waals surface area contributed by atoms with Gasteiger partial charge in [-0.2, -0.15) is 0 Å². The van der Waals surface area contributed by atoms with Crippen LogP contribution in [0.2, 0.25) is 5.02 Å². The Labute approximate surface area is 143 Å². The summed E-state index contributed by atoms with van der Waals surface area (Å²) in [6, 6.07) is 6.04. The first-order valence-corrected chi connectivity index (χ1v) is 8.60. The molecule has 0 aliphatic carbocycles. The molecule has 0 unspecified atom stereocenters. The van der Waals surface area contributed by atoms with Crippen molar-refractivity contribution in [3.05, 3.63) is 29.3 Å². The van der Waals surface area contributed by atoms with Crippen molar-refractivity contribution in [3.63, 3.8) is 0 Å². The van der Waals surface area contributed by atoms with Gasteiger partial charge in [0.1, 0.15) is 0 Å². The van der Waals surface area contributed by atoms with Crippen molar-refractivity contribution in [1.29, 1.82) is 0 Å². The third kappa shape index (κ3) is 4.25. The molecule has 23 heavy (non-hydrogen) atoms. The van der Waals surface area contributed by atoms with E-state index >= 15 is 0 Å². The van der Waals surface area contributed by atoms with E-state index in [4.69, 9.17) is 16.3 Å². The van der Waals surface area contributed by atoms with E-state index in [-0.39, 0.29) is 18.2 Å². The zero-order valence-electron chi connectivity index (χ0n) is 12.7. The Kier molecular flexibility index (Phi) is 6.04. The largest absolute Gasteiger partial charge is 0.462 e. The van der Waals surface area contributed by atoms with E-state index in [1.807, 2.05) is 0 Å². The molecule has 8 heteroatoms. The molecule has 3 N–H and O–H groups in total. The van der Waals surface area contributed by atoms with Gasteiger partial charge in [0.25, 0.3) is 0 Å². The van der Waals surface area contributed by atoms with Crippen LogP contribution in [-0.2, 0) is 19.1 Å². The number of imide groups is 1. The van der Waals surface area contributed by atoms with Gasteiger partial charge >= 0.3 is 5.97 Å². The molecule has 2 amide bonds. The second-order valence-corrected chi connectivity index (χ2v) is 6.69. The summed E-state index contributed by atoms with van der Waals surface area (Å²) in [5.74, 6) is -0.639. The van der Waals surface area contributed by atoms with Gasteiger partial charge < -0.3 is 10.5 Å². The Morgan fingerprint density at radius 3 is 2.91 bits per heavy atom. The topological polar surface area (TPSA) is 91.3 Å². The van der Waals surface area contributed by atoms with Crippen molar-refractivity contribution < 1.29 is 24.9 Å². The molecule has 0 bridgehead atoms. The van der Waals surface area contributed by atoms with Crippen molar-refractivity contribution in [2.24, 2.45) is 0 Å². The maximum atomic E-state index is 12.4. The molecule has 1 fully saturated rings. The number of anilines is 1. The van der Waals surface area contributed by atoms with Gasteiger partial charge in [-0.15, -0.1) is 11.8 Å². The van der Waals surface area contributed by atoms with Crippen LogP contribution in [0.25, 0.3) is 0 Å². The van der Waals surface area contributed by atoms with Gasteiger partial charge in [-0.25, -0.2) is 9.69 Å². The molecule has 2 rings (SSSR count). The van der Waals surface area contributed by atoms with Crippen LogP contribution in [0, 0.1) is 0 Å². The minimum Gasteiger partial charge on any atom is -0.462 e. The fraction of sp³-hybridized carbons (Fsp3) is 0.400. The number of thioether (sulfide) groups is 1. The van der Waals surface area contributed by atoms with E-state index in [1.165, 1.54) is 11.8 Å². The summed E-state index contributed by atoms with van der Waals surface area (Å²) in [7, 11) is 0. The van der Waals surface area contributed by atoms with Crippen LogP contribution in [0.3, 0.4) is 0 Å². The van der Waals surface area contributed by atoms with Crippen LogP contribution in [-0.4, -0.2) is 41.4 Å². The molecule has 0 aromatic heterocycles. The standard InChI is InChI=1S/C15H17ClN2O4S/c1-2-22-15(21)11(17)8-23-12-7-13(19)18(14(12)20)10-5-3-4-9(16)6-10/h3-6,11-12H,2,7-8,17H2,1H3/p+1/t11-,12+/m1/s1. The van der Waals surface area contributed by atoms with Crippen LogP contribution in [0.15, 0.2) is 24.3 Å². The maximum absolute atomic E-state index is 12.4. The quantitative estimate of drug-likeness (QED) is 0.602. The fourth-order valence-corrected chi connectivity index (χ4v) is 3.47. The molecular formula is C15H18ClN2O4S+. The minimum atomic E-state index is -0.567. The second kappa shape index (κ2) is 7.81. The summed E-state index contributed by atoms with van der Waals surface area (Å²) in [5, 5.41) is -0.0560. The molecule has 1 heterocycles. The highest BCUT2D eigenvalue weighted by Gasteiger charge is 2.40. The van der Waals surface area contributed by atoms with Gasteiger partial charge in [0, 0.05) is 11.4 Å². The number of carbonyl (C=O) groups is 3. The number of nitrogens with zero attached hydrogens (tertiary/aromatic N) is 1. The van der Waals surface area contributed by atoms with Crippen LogP contribution in [0.5, 0.6) is 0 Å². The molecule has 124 valence electrons. The molecule has 1 aliphatic heterocycles. The summed E-state index contributed by atoms with van der Waals surface area (Å²) >= 11 is 7.16. The highest BCUT2D eigenvalue weighted by atomic mass is 35.5. The van der Waals surface area contributed by atoms with Gasteiger partial charge in [-0.3, -0.25) is 9.59 Å². The van der Waals surface area contributed by atoms with Gasteiger partial charge in [0.2, 0.25) is 11.8 Å². The zero-order valence-corrected chi connectivity index (χ0v) is 14.2. The van der Waals surface area contributed by atoms with E-state index in [0.717, 1.165) is 4.90 Å². The number of benzene rings is 1. The monoisotopic (exact) mass is 357 g/mol. The van der Waals surface area contributed by atoms with Crippen molar-refractivity contribution in [2.75, 3.05) is 17.3 Å². The van der Waals surface area contributed by atoms with Gasteiger partial charge in [0.15, 0.2) is 6.04 Å². The normalized spacial score (nSPS) is 19.1. The zero-order chi connectivity index (χ0) is 17.0. The van der Waals surface area contributed by atoms with Gasteiger partial charge in [-0.05, 0) is 25.1 Å². The molecule has 0 saturated carbocycles. The Morgan fingerprint density at radius 2 is 2.26 bits per heavy atom. The number of rotatable bonds is 6. The Morgan fingerprint density at radius 1 is 1.52 bits per heavy atom. The average molecular weight is 358 g/mol. The average Bonchev–Trinajstić information content (AvgIpc) is 2.79. The third-order valence-corrected chi connectivity index (χ3v) is 4.89. The Balaban J connectivity index is 2.00. The smallest absolute Gasteiger partial charge is 0.365 e. The lowest BCUT2D eigenvalue weighted by molar-refractivity contribution is -0.401. The number of hydrogen-bond donors (Lipinski definition) is 1. The number of ether oxygens (including phenoxy) is 1. The highest BCUT2D eigenvalue weighted by molar-refractivity contribution is 8.00. The SMILES string of the molecule is CCOC(=O)[C@H]([NH3+])CS[C@H]1CC(=O)N(c2cccc(Cl)c2)C1=O. The lowest BCUT2D eigenvalue weighted by Gasteiger charge is -2.15. The van der Waals surface area contributed by atoms with E-state index in [0.29, 0.717) is 23.1 Å². The first-order valence-electron chi connectivity index (χ1n) is 7.17. The lowest BCUT2D eigenvalue weighted by Crippen LogP contribution is -2.66.